The summed E-state index contributed by atoms with van der Waals surface area (Å²) < 4.78 is 4.93. The second-order valence-electron chi connectivity index (χ2n) is 3.31. The first-order valence-corrected chi connectivity index (χ1v) is 5.66. The number of hydrogen-bond acceptors (Lipinski definition) is 5. The van der Waals surface area contributed by atoms with Crippen molar-refractivity contribution in [1.82, 2.24) is 15.5 Å². The van der Waals surface area contributed by atoms with Crippen LogP contribution in [0.4, 0.5) is 0 Å². The molecule has 0 spiro atoms. The minimum absolute atomic E-state index is 0.175. The van der Waals surface area contributed by atoms with Crippen LogP contribution in [-0.4, -0.2) is 16.0 Å². The van der Waals surface area contributed by atoms with Crippen LogP contribution < -0.4 is 5.32 Å². The highest BCUT2D eigenvalue weighted by Gasteiger charge is 2.16. The molecule has 0 aromatic carbocycles. The fourth-order valence-corrected chi connectivity index (χ4v) is 1.95. The SMILES string of the molecule is Cc1noc(C)c1C(=O)NCc1nccs1. The van der Waals surface area contributed by atoms with Crippen molar-refractivity contribution in [3.8, 4) is 0 Å². The molecule has 0 unspecified atom stereocenters. The van der Waals surface area contributed by atoms with Crippen LogP contribution in [0.2, 0.25) is 0 Å². The Hall–Kier alpha value is -1.69. The summed E-state index contributed by atoms with van der Waals surface area (Å²) in [5.41, 5.74) is 1.12. The van der Waals surface area contributed by atoms with Crippen LogP contribution in [0.3, 0.4) is 0 Å². The minimum atomic E-state index is -0.175. The monoisotopic (exact) mass is 237 g/mol. The van der Waals surface area contributed by atoms with E-state index in [9.17, 15) is 4.79 Å². The van der Waals surface area contributed by atoms with E-state index < -0.39 is 0 Å². The Kier molecular flexibility index (Phi) is 3.00. The van der Waals surface area contributed by atoms with Gasteiger partial charge in [-0.3, -0.25) is 4.79 Å². The lowest BCUT2D eigenvalue weighted by atomic mass is 10.2. The number of thiazole rings is 1. The Labute approximate surface area is 96.5 Å². The zero-order valence-electron chi connectivity index (χ0n) is 8.98. The molecule has 6 heteroatoms. The van der Waals surface area contributed by atoms with Gasteiger partial charge in [-0.1, -0.05) is 5.16 Å². The molecule has 84 valence electrons. The molecular weight excluding hydrogens is 226 g/mol. The standard InChI is InChI=1S/C10H11N3O2S/c1-6-9(7(2)15-13-6)10(14)12-5-8-11-3-4-16-8/h3-4H,5H2,1-2H3,(H,12,14). The van der Waals surface area contributed by atoms with Crippen molar-refractivity contribution in [2.24, 2.45) is 0 Å². The van der Waals surface area contributed by atoms with Crippen LogP contribution in [-0.2, 0) is 6.54 Å². The molecule has 2 rings (SSSR count). The highest BCUT2D eigenvalue weighted by molar-refractivity contribution is 7.09. The summed E-state index contributed by atoms with van der Waals surface area (Å²) in [6.07, 6.45) is 1.71. The summed E-state index contributed by atoms with van der Waals surface area (Å²) in [7, 11) is 0. The molecule has 2 aromatic rings. The number of carbonyl (C=O) groups excluding carboxylic acids is 1. The number of aromatic nitrogens is 2. The summed E-state index contributed by atoms with van der Waals surface area (Å²) in [5.74, 6) is 0.362. The Bertz CT molecular complexity index is 471. The Morgan fingerprint density at radius 2 is 2.38 bits per heavy atom. The van der Waals surface area contributed by atoms with E-state index in [-0.39, 0.29) is 5.91 Å². The molecule has 5 nitrogen and oxygen atoms in total. The molecule has 0 radical (unpaired) electrons. The molecule has 2 heterocycles. The lowest BCUT2D eigenvalue weighted by Crippen LogP contribution is -2.23. The third-order valence-electron chi connectivity index (χ3n) is 2.14. The van der Waals surface area contributed by atoms with Gasteiger partial charge in [0.1, 0.15) is 16.3 Å². The van der Waals surface area contributed by atoms with Crippen LogP contribution >= 0.6 is 11.3 Å². The summed E-state index contributed by atoms with van der Waals surface area (Å²) >= 11 is 1.51. The van der Waals surface area contributed by atoms with Gasteiger partial charge in [-0.2, -0.15) is 0 Å². The summed E-state index contributed by atoms with van der Waals surface area (Å²) in [6, 6.07) is 0. The highest BCUT2D eigenvalue weighted by atomic mass is 32.1. The largest absolute Gasteiger partial charge is 0.361 e. The first-order chi connectivity index (χ1) is 7.68. The van der Waals surface area contributed by atoms with E-state index in [0.29, 0.717) is 23.6 Å². The fraction of sp³-hybridized carbons (Fsp3) is 0.300. The van der Waals surface area contributed by atoms with Crippen molar-refractivity contribution in [3.05, 3.63) is 33.6 Å². The quantitative estimate of drug-likeness (QED) is 0.881. The van der Waals surface area contributed by atoms with Crippen LogP contribution in [0.5, 0.6) is 0 Å². The van der Waals surface area contributed by atoms with E-state index in [0.717, 1.165) is 5.01 Å². The average Bonchev–Trinajstić information content (AvgIpc) is 2.86. The zero-order valence-corrected chi connectivity index (χ0v) is 9.80. The molecule has 0 saturated heterocycles. The average molecular weight is 237 g/mol. The fourth-order valence-electron chi connectivity index (χ4n) is 1.39. The van der Waals surface area contributed by atoms with Crippen LogP contribution in [0.1, 0.15) is 26.8 Å². The van der Waals surface area contributed by atoms with Crippen molar-refractivity contribution in [2.45, 2.75) is 20.4 Å². The van der Waals surface area contributed by atoms with E-state index >= 15 is 0 Å². The first-order valence-electron chi connectivity index (χ1n) is 4.78. The van der Waals surface area contributed by atoms with Crippen LogP contribution in [0, 0.1) is 13.8 Å². The molecule has 1 N–H and O–H groups in total. The number of nitrogens with one attached hydrogen (secondary N) is 1. The maximum atomic E-state index is 11.8. The Morgan fingerprint density at radius 1 is 1.56 bits per heavy atom. The highest BCUT2D eigenvalue weighted by Crippen LogP contribution is 2.12. The number of hydrogen-bond donors (Lipinski definition) is 1. The molecule has 0 bridgehead atoms. The van der Waals surface area contributed by atoms with Gasteiger partial charge in [0.15, 0.2) is 0 Å². The van der Waals surface area contributed by atoms with Gasteiger partial charge < -0.3 is 9.84 Å². The number of nitrogens with zero attached hydrogens (tertiary/aromatic N) is 2. The van der Waals surface area contributed by atoms with E-state index in [4.69, 9.17) is 4.52 Å². The minimum Gasteiger partial charge on any atom is -0.361 e. The summed E-state index contributed by atoms with van der Waals surface area (Å²) in [4.78, 5) is 15.9. The Morgan fingerprint density at radius 3 is 2.94 bits per heavy atom. The predicted octanol–water partition coefficient (Wildman–Crippen LogP) is 1.68. The predicted molar refractivity (Wildman–Crippen MR) is 59.3 cm³/mol. The first kappa shape index (κ1) is 10.8. The normalized spacial score (nSPS) is 10.4. The van der Waals surface area contributed by atoms with Gasteiger partial charge in [0.05, 0.1) is 12.2 Å². The third-order valence-corrected chi connectivity index (χ3v) is 2.92. The van der Waals surface area contributed by atoms with Gasteiger partial charge in [-0.15, -0.1) is 11.3 Å². The van der Waals surface area contributed by atoms with Gasteiger partial charge in [0.25, 0.3) is 5.91 Å². The lowest BCUT2D eigenvalue weighted by molar-refractivity contribution is 0.0949. The van der Waals surface area contributed by atoms with Gasteiger partial charge >= 0.3 is 0 Å². The molecule has 0 aliphatic rings. The van der Waals surface area contributed by atoms with Crippen molar-refractivity contribution in [1.29, 1.82) is 0 Å². The lowest BCUT2D eigenvalue weighted by Gasteiger charge is -2.01. The number of rotatable bonds is 3. The molecular formula is C10H11N3O2S. The molecule has 2 aromatic heterocycles. The molecule has 0 aliphatic heterocycles. The van der Waals surface area contributed by atoms with Crippen LogP contribution in [0.15, 0.2) is 16.1 Å². The van der Waals surface area contributed by atoms with Crippen molar-refractivity contribution < 1.29 is 9.32 Å². The van der Waals surface area contributed by atoms with Gasteiger partial charge in [0.2, 0.25) is 0 Å². The molecule has 0 aliphatic carbocycles. The van der Waals surface area contributed by atoms with Crippen LogP contribution in [0.25, 0.3) is 0 Å². The second-order valence-corrected chi connectivity index (χ2v) is 4.29. The van der Waals surface area contributed by atoms with Crippen molar-refractivity contribution in [2.75, 3.05) is 0 Å². The van der Waals surface area contributed by atoms with Gasteiger partial charge in [-0.05, 0) is 13.8 Å². The smallest absolute Gasteiger partial charge is 0.257 e. The number of aryl methyl sites for hydroxylation is 2. The third kappa shape index (κ3) is 2.11. The van der Waals surface area contributed by atoms with Gasteiger partial charge in [-0.25, -0.2) is 4.98 Å². The maximum Gasteiger partial charge on any atom is 0.257 e. The maximum absolute atomic E-state index is 11.8. The van der Waals surface area contributed by atoms with Crippen molar-refractivity contribution >= 4 is 17.2 Å². The van der Waals surface area contributed by atoms with Crippen molar-refractivity contribution in [3.63, 3.8) is 0 Å². The summed E-state index contributed by atoms with van der Waals surface area (Å²) in [5, 5.41) is 9.26. The van der Waals surface area contributed by atoms with E-state index in [1.807, 2.05) is 5.38 Å². The molecule has 0 saturated carbocycles. The second kappa shape index (κ2) is 4.44. The van der Waals surface area contributed by atoms with E-state index in [1.54, 1.807) is 20.0 Å². The zero-order chi connectivity index (χ0) is 11.5. The Balaban J connectivity index is 2.04. The van der Waals surface area contributed by atoms with Gasteiger partial charge in [0, 0.05) is 11.6 Å². The van der Waals surface area contributed by atoms with E-state index in [2.05, 4.69) is 15.5 Å². The van der Waals surface area contributed by atoms with E-state index in [1.165, 1.54) is 11.3 Å². The number of amides is 1. The topological polar surface area (TPSA) is 68.0 Å². The molecule has 1 amide bonds. The molecule has 0 atom stereocenters. The molecule has 0 fully saturated rings. The summed E-state index contributed by atoms with van der Waals surface area (Å²) in [6.45, 7) is 3.90. The number of carbonyl (C=O) groups is 1. The molecule has 16 heavy (non-hydrogen) atoms.